The molecule has 3 aromatic carbocycles. The van der Waals surface area contributed by atoms with Crippen LogP contribution in [0.3, 0.4) is 0 Å². The van der Waals surface area contributed by atoms with Gasteiger partial charge in [-0.3, -0.25) is 5.32 Å². The number of para-hydroxylation sites is 1. The van der Waals surface area contributed by atoms with Crippen molar-refractivity contribution < 1.29 is 4.79 Å². The normalized spacial score (nSPS) is 11.7. The second-order valence-corrected chi connectivity index (χ2v) is 10.1. The lowest BCUT2D eigenvalue weighted by Crippen LogP contribution is -2.24. The van der Waals surface area contributed by atoms with Gasteiger partial charge in [0.15, 0.2) is 5.13 Å². The van der Waals surface area contributed by atoms with Gasteiger partial charge < -0.3 is 9.47 Å². The fourth-order valence-electron chi connectivity index (χ4n) is 4.09. The second kappa shape index (κ2) is 10.5. The fraction of sp³-hybridized carbons (Fsp3) is 0.148. The molecule has 0 bridgehead atoms. The molecule has 182 valence electrons. The van der Waals surface area contributed by atoms with Gasteiger partial charge in [-0.15, -0.1) is 0 Å². The number of nitrogens with one attached hydrogen (secondary N) is 2. The molecule has 0 radical (unpaired) electrons. The quantitative estimate of drug-likeness (QED) is 0.201. The summed E-state index contributed by atoms with van der Waals surface area (Å²) >= 11 is 7.81. The van der Waals surface area contributed by atoms with Gasteiger partial charge in [-0.05, 0) is 49.5 Å². The summed E-state index contributed by atoms with van der Waals surface area (Å²) in [6.07, 6.45) is 3.66. The van der Waals surface area contributed by atoms with E-state index in [1.165, 1.54) is 16.9 Å². The van der Waals surface area contributed by atoms with E-state index in [1.807, 2.05) is 68.8 Å². The molecule has 2 N–H and O–H groups in total. The van der Waals surface area contributed by atoms with Gasteiger partial charge in [0.2, 0.25) is 0 Å². The van der Waals surface area contributed by atoms with Crippen LogP contribution in [0.25, 0.3) is 21.1 Å². The van der Waals surface area contributed by atoms with E-state index in [9.17, 15) is 4.79 Å². The Balaban J connectivity index is 1.28. The summed E-state index contributed by atoms with van der Waals surface area (Å²) in [5.41, 5.74) is 7.59. The molecule has 5 rings (SSSR count). The lowest BCUT2D eigenvalue weighted by atomic mass is 10.2. The molecule has 36 heavy (non-hydrogen) atoms. The molecule has 2 amide bonds. The molecule has 5 aromatic rings. The average molecular weight is 517 g/mol. The van der Waals surface area contributed by atoms with Crippen molar-refractivity contribution in [3.63, 3.8) is 0 Å². The number of thiazole rings is 1. The van der Waals surface area contributed by atoms with Crippen LogP contribution in [0.4, 0.5) is 9.93 Å². The number of hydrazone groups is 1. The Morgan fingerprint density at radius 3 is 2.78 bits per heavy atom. The van der Waals surface area contributed by atoms with Crippen molar-refractivity contribution in [2.75, 3.05) is 19.4 Å². The number of urea groups is 1. The van der Waals surface area contributed by atoms with E-state index in [1.54, 1.807) is 6.21 Å². The first kappa shape index (κ1) is 24.0. The Labute approximate surface area is 218 Å². The molecule has 0 spiro atoms. The van der Waals surface area contributed by atoms with Crippen LogP contribution in [-0.4, -0.2) is 40.8 Å². The smallest absolute Gasteiger partial charge is 0.341 e. The number of anilines is 1. The van der Waals surface area contributed by atoms with Crippen LogP contribution >= 0.6 is 22.9 Å². The van der Waals surface area contributed by atoms with Crippen molar-refractivity contribution in [1.82, 2.24) is 19.9 Å². The highest BCUT2D eigenvalue weighted by Gasteiger charge is 2.10. The van der Waals surface area contributed by atoms with Crippen molar-refractivity contribution in [1.29, 1.82) is 0 Å². The molecular formula is C27H25ClN6OS. The highest BCUT2D eigenvalue weighted by Crippen LogP contribution is 2.27. The number of hydrogen-bond donors (Lipinski definition) is 2. The summed E-state index contributed by atoms with van der Waals surface area (Å²) in [6.45, 7) is 1.48. The Hall–Kier alpha value is -3.72. The van der Waals surface area contributed by atoms with Crippen LogP contribution in [0.5, 0.6) is 0 Å². The predicted octanol–water partition coefficient (Wildman–Crippen LogP) is 6.17. The van der Waals surface area contributed by atoms with Gasteiger partial charge in [-0.25, -0.2) is 15.2 Å². The highest BCUT2D eigenvalue weighted by molar-refractivity contribution is 7.22. The van der Waals surface area contributed by atoms with Gasteiger partial charge in [0.05, 0.1) is 16.4 Å². The largest absolute Gasteiger partial charge is 0.342 e. The summed E-state index contributed by atoms with van der Waals surface area (Å²) in [5, 5.41) is 9.23. The van der Waals surface area contributed by atoms with Crippen molar-refractivity contribution in [3.8, 4) is 0 Å². The van der Waals surface area contributed by atoms with Crippen molar-refractivity contribution in [2.24, 2.45) is 5.10 Å². The van der Waals surface area contributed by atoms with Crippen LogP contribution in [0.1, 0.15) is 16.7 Å². The lowest BCUT2D eigenvalue weighted by molar-refractivity contribution is 0.252. The highest BCUT2D eigenvalue weighted by atomic mass is 35.5. The third-order valence-electron chi connectivity index (χ3n) is 5.66. The number of halogens is 1. The van der Waals surface area contributed by atoms with E-state index in [-0.39, 0.29) is 0 Å². The zero-order valence-corrected chi connectivity index (χ0v) is 21.5. The first-order valence-electron chi connectivity index (χ1n) is 11.4. The number of carbonyl (C=O) groups is 1. The maximum absolute atomic E-state index is 12.4. The molecule has 0 atom stereocenters. The molecule has 0 saturated carbocycles. The van der Waals surface area contributed by atoms with E-state index in [0.717, 1.165) is 43.8 Å². The third kappa shape index (κ3) is 5.41. The minimum absolute atomic E-state index is 0.446. The Morgan fingerprint density at radius 1 is 1.14 bits per heavy atom. The first-order chi connectivity index (χ1) is 17.5. The molecule has 2 aromatic heterocycles. The zero-order chi connectivity index (χ0) is 25.1. The summed E-state index contributed by atoms with van der Waals surface area (Å²) in [4.78, 5) is 19.1. The number of amides is 2. The zero-order valence-electron chi connectivity index (χ0n) is 19.9. The van der Waals surface area contributed by atoms with Crippen LogP contribution < -0.4 is 10.7 Å². The Bertz CT molecular complexity index is 1570. The number of fused-ring (bicyclic) bond motifs is 2. The van der Waals surface area contributed by atoms with Crippen LogP contribution in [0.15, 0.2) is 78.0 Å². The van der Waals surface area contributed by atoms with Gasteiger partial charge in [0.1, 0.15) is 0 Å². The molecule has 0 aliphatic heterocycles. The van der Waals surface area contributed by atoms with Crippen LogP contribution in [0.2, 0.25) is 5.02 Å². The monoisotopic (exact) mass is 516 g/mol. The van der Waals surface area contributed by atoms with Gasteiger partial charge in [0.25, 0.3) is 0 Å². The maximum atomic E-state index is 12.4. The second-order valence-electron chi connectivity index (χ2n) is 8.70. The summed E-state index contributed by atoms with van der Waals surface area (Å²) < 4.78 is 3.16. The minimum atomic E-state index is -0.446. The summed E-state index contributed by atoms with van der Waals surface area (Å²) in [5.74, 6) is 0. The lowest BCUT2D eigenvalue weighted by Gasteiger charge is -2.08. The average Bonchev–Trinajstić information content (AvgIpc) is 3.40. The number of benzene rings is 3. The molecule has 0 aliphatic carbocycles. The molecule has 0 aliphatic rings. The first-order valence-corrected chi connectivity index (χ1v) is 12.6. The van der Waals surface area contributed by atoms with E-state index in [2.05, 4.69) is 48.5 Å². The number of aromatic nitrogens is 2. The van der Waals surface area contributed by atoms with Gasteiger partial charge in [-0.2, -0.15) is 5.10 Å². The van der Waals surface area contributed by atoms with Crippen molar-refractivity contribution in [2.45, 2.75) is 13.1 Å². The van der Waals surface area contributed by atoms with Gasteiger partial charge in [-0.1, -0.05) is 65.4 Å². The molecule has 0 fully saturated rings. The van der Waals surface area contributed by atoms with Crippen LogP contribution in [-0.2, 0) is 13.1 Å². The van der Waals surface area contributed by atoms with E-state index in [4.69, 9.17) is 11.6 Å². The number of nitrogens with zero attached hydrogens (tertiary/aromatic N) is 4. The molecule has 0 saturated heterocycles. The number of carbonyl (C=O) groups excluding carboxylic acids is 1. The van der Waals surface area contributed by atoms with Gasteiger partial charge >= 0.3 is 6.03 Å². The minimum Gasteiger partial charge on any atom is -0.342 e. The fourth-order valence-corrected chi connectivity index (χ4v) is 5.21. The summed E-state index contributed by atoms with van der Waals surface area (Å²) in [6, 6.07) is 21.6. The van der Waals surface area contributed by atoms with E-state index in [0.29, 0.717) is 11.7 Å². The standard InChI is InChI=1S/C27H25ClN6OS/c1-33(2)15-18-11-12-23-25(13-18)36-27(30-23)31-26(35)32-29-14-20-17-34(24-10-6-4-8-21(20)24)16-19-7-3-5-9-22(19)28/h3-14,17H,15-16H2,1-2H3,(H2,30,31,32,35)/b29-14+. The molecule has 9 heteroatoms. The molecule has 0 unspecified atom stereocenters. The molecular weight excluding hydrogens is 492 g/mol. The number of rotatable bonds is 7. The van der Waals surface area contributed by atoms with Crippen molar-refractivity contribution in [3.05, 3.63) is 94.6 Å². The van der Waals surface area contributed by atoms with Crippen LogP contribution in [0, 0.1) is 0 Å². The third-order valence-corrected chi connectivity index (χ3v) is 6.96. The molecule has 2 heterocycles. The number of hydrogen-bond acceptors (Lipinski definition) is 5. The Kier molecular flexibility index (Phi) is 6.99. The van der Waals surface area contributed by atoms with Gasteiger partial charge in [0, 0.05) is 40.8 Å². The summed E-state index contributed by atoms with van der Waals surface area (Å²) in [7, 11) is 4.07. The van der Waals surface area contributed by atoms with Crippen molar-refractivity contribution >= 4 is 61.4 Å². The maximum Gasteiger partial charge on any atom is 0.341 e. The SMILES string of the molecule is CN(C)Cc1ccc2nc(NC(=O)N/N=C/c3cn(Cc4ccccc4Cl)c4ccccc34)sc2c1. The van der Waals surface area contributed by atoms with E-state index < -0.39 is 6.03 Å². The predicted molar refractivity (Wildman–Crippen MR) is 149 cm³/mol. The topological polar surface area (TPSA) is 74.6 Å². The van der Waals surface area contributed by atoms with E-state index >= 15 is 0 Å². The molecule has 7 nitrogen and oxygen atoms in total. The Morgan fingerprint density at radius 2 is 1.94 bits per heavy atom.